The first kappa shape index (κ1) is 19.3. The highest BCUT2D eigenvalue weighted by atomic mass is 16.5. The van der Waals surface area contributed by atoms with Crippen molar-refractivity contribution in [1.82, 2.24) is 15.3 Å². The minimum Gasteiger partial charge on any atom is -0.481 e. The van der Waals surface area contributed by atoms with Crippen molar-refractivity contribution in [3.8, 4) is 5.88 Å². The van der Waals surface area contributed by atoms with Crippen LogP contribution in [-0.4, -0.2) is 29.0 Å². The number of hydrogen-bond donors (Lipinski definition) is 1. The fraction of sp³-hybridized carbons (Fsp3) is 0.500. The number of amides is 1. The van der Waals surface area contributed by atoms with E-state index in [1.54, 1.807) is 25.4 Å². The molecule has 5 nitrogen and oxygen atoms in total. The Labute approximate surface area is 161 Å². The van der Waals surface area contributed by atoms with Crippen molar-refractivity contribution in [2.24, 2.45) is 5.92 Å². The van der Waals surface area contributed by atoms with E-state index in [1.165, 1.54) is 11.3 Å². The van der Waals surface area contributed by atoms with Gasteiger partial charge in [0, 0.05) is 36.1 Å². The molecule has 1 saturated carbocycles. The largest absolute Gasteiger partial charge is 0.481 e. The minimum absolute atomic E-state index is 0.0560. The Kier molecular flexibility index (Phi) is 6.43. The third kappa shape index (κ3) is 4.85. The number of carbonyl (C=O) groups excluding carboxylic acids is 1. The molecule has 0 unspecified atom stereocenters. The molecule has 0 radical (unpaired) electrons. The van der Waals surface area contributed by atoms with E-state index in [9.17, 15) is 4.79 Å². The summed E-state index contributed by atoms with van der Waals surface area (Å²) in [5.74, 6) is 1.52. The van der Waals surface area contributed by atoms with Gasteiger partial charge in [0.25, 0.3) is 5.91 Å². The van der Waals surface area contributed by atoms with Crippen LogP contribution in [0.3, 0.4) is 0 Å². The van der Waals surface area contributed by atoms with Crippen LogP contribution in [0.5, 0.6) is 5.88 Å². The third-order valence-electron chi connectivity index (χ3n) is 5.66. The summed E-state index contributed by atoms with van der Waals surface area (Å²) in [7, 11) is 1.57. The van der Waals surface area contributed by atoms with Crippen LogP contribution in [0.25, 0.3) is 0 Å². The Balaban J connectivity index is 1.57. The van der Waals surface area contributed by atoms with E-state index >= 15 is 0 Å². The second-order valence-corrected chi connectivity index (χ2v) is 7.45. The molecule has 144 valence electrons. The lowest BCUT2D eigenvalue weighted by Gasteiger charge is -2.34. The maximum Gasteiger partial charge on any atom is 0.253 e. The normalized spacial score (nSPS) is 20.7. The van der Waals surface area contributed by atoms with Crippen molar-refractivity contribution >= 4 is 5.91 Å². The first-order valence-electron chi connectivity index (χ1n) is 9.84. The van der Waals surface area contributed by atoms with Gasteiger partial charge in [-0.25, -0.2) is 4.98 Å². The number of rotatable bonds is 6. The van der Waals surface area contributed by atoms with Crippen LogP contribution >= 0.6 is 0 Å². The molecular formula is C22H29N3O2. The van der Waals surface area contributed by atoms with Gasteiger partial charge in [0.2, 0.25) is 5.88 Å². The molecule has 2 aromatic heterocycles. The molecule has 1 N–H and O–H groups in total. The predicted octanol–water partition coefficient (Wildman–Crippen LogP) is 4.28. The summed E-state index contributed by atoms with van der Waals surface area (Å²) in [4.78, 5) is 21.3. The number of methoxy groups -OCH3 is 1. The molecule has 0 saturated heterocycles. The van der Waals surface area contributed by atoms with Crippen LogP contribution in [-0.2, 0) is 0 Å². The fourth-order valence-corrected chi connectivity index (χ4v) is 4.04. The van der Waals surface area contributed by atoms with Gasteiger partial charge in [-0.15, -0.1) is 0 Å². The second-order valence-electron chi connectivity index (χ2n) is 7.45. The number of aromatic nitrogens is 2. The van der Waals surface area contributed by atoms with E-state index in [1.807, 2.05) is 12.3 Å². The van der Waals surface area contributed by atoms with Gasteiger partial charge in [0.05, 0.1) is 12.7 Å². The van der Waals surface area contributed by atoms with E-state index < -0.39 is 0 Å². The molecule has 0 spiro atoms. The summed E-state index contributed by atoms with van der Waals surface area (Å²) in [6.45, 7) is 4.26. The summed E-state index contributed by atoms with van der Waals surface area (Å²) in [6, 6.07) is 7.93. The molecule has 1 aliphatic carbocycles. The molecule has 1 amide bonds. The lowest BCUT2D eigenvalue weighted by atomic mass is 9.76. The van der Waals surface area contributed by atoms with Gasteiger partial charge in [-0.2, -0.15) is 0 Å². The van der Waals surface area contributed by atoms with E-state index in [0.29, 0.717) is 23.3 Å². The number of aryl methyl sites for hydroxylation is 1. The molecule has 2 heterocycles. The van der Waals surface area contributed by atoms with Crippen LogP contribution in [0.1, 0.15) is 66.6 Å². The van der Waals surface area contributed by atoms with Crippen LogP contribution in [0, 0.1) is 12.8 Å². The number of hydrogen-bond acceptors (Lipinski definition) is 4. The Hall–Kier alpha value is -2.43. The van der Waals surface area contributed by atoms with Gasteiger partial charge < -0.3 is 10.1 Å². The highest BCUT2D eigenvalue weighted by molar-refractivity contribution is 5.94. The zero-order valence-corrected chi connectivity index (χ0v) is 16.4. The molecular weight excluding hydrogens is 338 g/mol. The van der Waals surface area contributed by atoms with Gasteiger partial charge in [0.15, 0.2) is 0 Å². The molecule has 0 bridgehead atoms. The molecule has 1 fully saturated rings. The highest BCUT2D eigenvalue weighted by Crippen LogP contribution is 2.37. The Bertz CT molecular complexity index is 752. The average Bonchev–Trinajstić information content (AvgIpc) is 2.72. The zero-order valence-electron chi connectivity index (χ0n) is 16.4. The Morgan fingerprint density at radius 2 is 2.00 bits per heavy atom. The molecule has 0 aliphatic heterocycles. The molecule has 0 aromatic carbocycles. The first-order valence-corrected chi connectivity index (χ1v) is 9.84. The van der Waals surface area contributed by atoms with Crippen molar-refractivity contribution in [2.45, 2.75) is 57.9 Å². The van der Waals surface area contributed by atoms with Crippen LogP contribution < -0.4 is 10.1 Å². The zero-order chi connectivity index (χ0) is 19.2. The molecule has 1 aliphatic rings. The van der Waals surface area contributed by atoms with Crippen molar-refractivity contribution in [3.05, 3.63) is 53.5 Å². The summed E-state index contributed by atoms with van der Waals surface area (Å²) in [6.07, 6.45) is 8.94. The second kappa shape index (κ2) is 8.98. The number of carbonyl (C=O) groups is 1. The smallest absolute Gasteiger partial charge is 0.253 e. The molecule has 3 rings (SSSR count). The van der Waals surface area contributed by atoms with Crippen molar-refractivity contribution < 1.29 is 9.53 Å². The van der Waals surface area contributed by atoms with E-state index in [0.717, 1.165) is 32.1 Å². The van der Waals surface area contributed by atoms with E-state index in [4.69, 9.17) is 4.74 Å². The van der Waals surface area contributed by atoms with Gasteiger partial charge in [0.1, 0.15) is 0 Å². The number of ether oxygens (including phenoxy) is 1. The first-order chi connectivity index (χ1) is 13.1. The Morgan fingerprint density at radius 3 is 2.59 bits per heavy atom. The van der Waals surface area contributed by atoms with Crippen LogP contribution in [0.2, 0.25) is 0 Å². The minimum atomic E-state index is -0.0560. The van der Waals surface area contributed by atoms with Crippen molar-refractivity contribution in [1.29, 1.82) is 0 Å². The topological polar surface area (TPSA) is 64.1 Å². The van der Waals surface area contributed by atoms with E-state index in [-0.39, 0.29) is 11.9 Å². The summed E-state index contributed by atoms with van der Waals surface area (Å²) >= 11 is 0. The maximum absolute atomic E-state index is 12.6. The highest BCUT2D eigenvalue weighted by Gasteiger charge is 2.29. The van der Waals surface area contributed by atoms with Crippen molar-refractivity contribution in [3.63, 3.8) is 0 Å². The maximum atomic E-state index is 12.6. The molecule has 27 heavy (non-hydrogen) atoms. The van der Waals surface area contributed by atoms with Crippen molar-refractivity contribution in [2.75, 3.05) is 7.11 Å². The monoisotopic (exact) mass is 367 g/mol. The summed E-state index contributed by atoms with van der Waals surface area (Å²) < 4.78 is 5.05. The Morgan fingerprint density at radius 1 is 1.22 bits per heavy atom. The number of pyridine rings is 2. The van der Waals surface area contributed by atoms with Gasteiger partial charge in [-0.1, -0.05) is 6.92 Å². The average molecular weight is 367 g/mol. The third-order valence-corrected chi connectivity index (χ3v) is 5.66. The molecule has 2 aromatic rings. The van der Waals surface area contributed by atoms with Gasteiger partial charge in [-0.05, 0) is 68.7 Å². The summed E-state index contributed by atoms with van der Waals surface area (Å²) in [5, 5.41) is 3.22. The fourth-order valence-electron chi connectivity index (χ4n) is 4.04. The number of nitrogens with zero attached hydrogens (tertiary/aromatic N) is 2. The van der Waals surface area contributed by atoms with E-state index in [2.05, 4.69) is 35.2 Å². The SMILES string of the molecule is CC[C@@H](NC(=O)c1ccc(OC)nc1)[C@H]1CC[C@H](c2cc(C)ccn2)CC1. The summed E-state index contributed by atoms with van der Waals surface area (Å²) in [5.41, 5.74) is 3.07. The molecule has 1 atom stereocenters. The van der Waals surface area contributed by atoms with Crippen LogP contribution in [0.4, 0.5) is 0 Å². The van der Waals surface area contributed by atoms with Gasteiger partial charge >= 0.3 is 0 Å². The lowest BCUT2D eigenvalue weighted by Crippen LogP contribution is -2.41. The lowest BCUT2D eigenvalue weighted by molar-refractivity contribution is 0.0908. The predicted molar refractivity (Wildman–Crippen MR) is 106 cm³/mol. The standard InChI is InChI=1S/C22H29N3O2/c1-4-19(25-22(26)18-9-10-21(27-3)24-14-18)16-5-7-17(8-6-16)20-13-15(2)11-12-23-20/h9-14,16-17,19H,4-8H2,1-3H3,(H,25,26)/t16-,17-,19-/m1/s1. The van der Waals surface area contributed by atoms with Gasteiger partial charge in [-0.3, -0.25) is 9.78 Å². The molecule has 5 heteroatoms. The van der Waals surface area contributed by atoms with Crippen LogP contribution in [0.15, 0.2) is 36.7 Å². The quantitative estimate of drug-likeness (QED) is 0.828. The number of nitrogens with one attached hydrogen (secondary N) is 1.